The predicted molar refractivity (Wildman–Crippen MR) is 121 cm³/mol. The number of benzene rings is 2. The van der Waals surface area contributed by atoms with E-state index < -0.39 is 8.32 Å². The molecule has 0 N–H and O–H groups in total. The maximum Gasteiger partial charge on any atom is 0.192 e. The quantitative estimate of drug-likeness (QED) is 0.346. The Morgan fingerprint density at radius 3 is 2.10 bits per heavy atom. The van der Waals surface area contributed by atoms with E-state index in [2.05, 4.69) is 45.0 Å². The number of ketones is 1. The van der Waals surface area contributed by atoms with E-state index in [1.54, 1.807) is 0 Å². The van der Waals surface area contributed by atoms with Crippen molar-refractivity contribution in [3.05, 3.63) is 71.8 Å². The fraction of sp³-hybridized carbons (Fsp3) is 0.480. The van der Waals surface area contributed by atoms with Gasteiger partial charge in [-0.1, -0.05) is 81.4 Å². The minimum Gasteiger partial charge on any atom is -0.414 e. The average molecular weight is 411 g/mol. The van der Waals surface area contributed by atoms with Gasteiger partial charge in [0.2, 0.25) is 0 Å². The van der Waals surface area contributed by atoms with Crippen LogP contribution in [0, 0.1) is 0 Å². The van der Waals surface area contributed by atoms with Crippen molar-refractivity contribution in [1.29, 1.82) is 0 Å². The lowest BCUT2D eigenvalue weighted by Gasteiger charge is -2.40. The lowest BCUT2D eigenvalue weighted by molar-refractivity contribution is -0.0922. The maximum absolute atomic E-state index is 12.8. The fourth-order valence-electron chi connectivity index (χ4n) is 4.38. The van der Waals surface area contributed by atoms with Crippen molar-refractivity contribution >= 4 is 14.1 Å². The second kappa shape index (κ2) is 10.3. The van der Waals surface area contributed by atoms with Crippen molar-refractivity contribution in [2.45, 2.75) is 76.5 Å². The largest absolute Gasteiger partial charge is 0.414 e. The van der Waals surface area contributed by atoms with Crippen LogP contribution in [-0.2, 0) is 9.16 Å². The highest BCUT2D eigenvalue weighted by Crippen LogP contribution is 2.37. The molecule has 0 radical (unpaired) electrons. The molecule has 156 valence electrons. The number of carbonyl (C=O) groups is 1. The van der Waals surface area contributed by atoms with Crippen LogP contribution in [0.4, 0.5) is 0 Å². The summed E-state index contributed by atoms with van der Waals surface area (Å²) in [4.78, 5) is 12.8. The molecule has 4 heteroatoms. The highest BCUT2D eigenvalue weighted by Gasteiger charge is 2.38. The van der Waals surface area contributed by atoms with Gasteiger partial charge in [-0.15, -0.1) is 0 Å². The van der Waals surface area contributed by atoms with Gasteiger partial charge in [0, 0.05) is 18.4 Å². The zero-order valence-electron chi connectivity index (χ0n) is 18.0. The zero-order chi connectivity index (χ0) is 20.7. The third kappa shape index (κ3) is 5.65. The van der Waals surface area contributed by atoms with Crippen LogP contribution in [0.25, 0.3) is 0 Å². The van der Waals surface area contributed by atoms with Crippen LogP contribution in [0.3, 0.4) is 0 Å². The smallest absolute Gasteiger partial charge is 0.192 e. The Bertz CT molecular complexity index is 750. The van der Waals surface area contributed by atoms with E-state index in [1.807, 2.05) is 36.4 Å². The van der Waals surface area contributed by atoms with Crippen LogP contribution < -0.4 is 0 Å². The van der Waals surface area contributed by atoms with Crippen molar-refractivity contribution in [2.75, 3.05) is 0 Å². The van der Waals surface area contributed by atoms with Crippen LogP contribution in [0.15, 0.2) is 60.7 Å². The molecule has 1 heterocycles. The second-order valence-corrected chi connectivity index (χ2v) is 12.8. The Labute approximate surface area is 176 Å². The van der Waals surface area contributed by atoms with E-state index in [1.165, 1.54) is 5.56 Å². The van der Waals surface area contributed by atoms with Crippen molar-refractivity contribution < 1.29 is 14.0 Å². The number of carbonyl (C=O) groups excluding carboxylic acids is 1. The van der Waals surface area contributed by atoms with Gasteiger partial charge in [-0.25, -0.2) is 0 Å². The summed E-state index contributed by atoms with van der Waals surface area (Å²) in [5, 5.41) is 0. The lowest BCUT2D eigenvalue weighted by Crippen LogP contribution is -2.44. The zero-order valence-corrected chi connectivity index (χ0v) is 19.0. The van der Waals surface area contributed by atoms with Gasteiger partial charge in [0.15, 0.2) is 14.1 Å². The third-order valence-electron chi connectivity index (χ3n) is 6.39. The summed E-state index contributed by atoms with van der Waals surface area (Å²) in [5.41, 5.74) is 1.93. The molecule has 1 saturated heterocycles. The molecule has 3 nitrogen and oxygen atoms in total. The highest BCUT2D eigenvalue weighted by molar-refractivity contribution is 6.73. The summed E-state index contributed by atoms with van der Waals surface area (Å²) in [6, 6.07) is 23.3. The number of hydrogen-bond donors (Lipinski definition) is 0. The van der Waals surface area contributed by atoms with E-state index >= 15 is 0 Å². The first-order valence-electron chi connectivity index (χ1n) is 11.1. The van der Waals surface area contributed by atoms with Crippen LogP contribution in [-0.4, -0.2) is 26.3 Å². The number of rotatable bonds is 9. The van der Waals surface area contributed by atoms with Crippen LogP contribution in [0.5, 0.6) is 0 Å². The molecule has 0 spiro atoms. The fourth-order valence-corrected chi connectivity index (χ4v) is 7.28. The topological polar surface area (TPSA) is 35.5 Å². The Morgan fingerprint density at radius 1 is 0.931 bits per heavy atom. The van der Waals surface area contributed by atoms with Gasteiger partial charge in [-0.2, -0.15) is 0 Å². The molecule has 1 aliphatic rings. The molecule has 0 unspecified atom stereocenters. The molecule has 29 heavy (non-hydrogen) atoms. The molecule has 3 atom stereocenters. The third-order valence-corrected chi connectivity index (χ3v) is 11.1. The van der Waals surface area contributed by atoms with Crippen LogP contribution in [0.1, 0.15) is 62.1 Å². The van der Waals surface area contributed by atoms with E-state index in [9.17, 15) is 4.79 Å². The lowest BCUT2D eigenvalue weighted by atomic mass is 9.93. The molecular formula is C25H34O3Si. The standard InChI is InChI=1S/C25H34O3Si/c1-4-29(5-2,6-3)28-23-17-22(18-24(26)20-13-9-7-10-14-20)27-25(19-23)21-15-11-8-12-16-21/h7-16,22-23,25H,4-6,17-19H2,1-3H3/t22-,23+,25+/m1/s1. The summed E-state index contributed by atoms with van der Waals surface area (Å²) in [6.45, 7) is 6.80. The molecule has 0 saturated carbocycles. The van der Waals surface area contributed by atoms with Crippen LogP contribution >= 0.6 is 0 Å². The van der Waals surface area contributed by atoms with Gasteiger partial charge in [-0.05, 0) is 30.1 Å². The maximum atomic E-state index is 12.8. The van der Waals surface area contributed by atoms with E-state index in [4.69, 9.17) is 9.16 Å². The molecule has 3 rings (SSSR count). The molecule has 2 aromatic carbocycles. The first-order chi connectivity index (χ1) is 14.1. The molecular weight excluding hydrogens is 376 g/mol. The summed E-state index contributed by atoms with van der Waals surface area (Å²) in [6.07, 6.45) is 2.12. The summed E-state index contributed by atoms with van der Waals surface area (Å²) in [5.74, 6) is 0.146. The Hall–Kier alpha value is -1.75. The van der Waals surface area contributed by atoms with Gasteiger partial charge in [0.05, 0.1) is 18.3 Å². The Kier molecular flexibility index (Phi) is 7.82. The molecule has 1 fully saturated rings. The Balaban J connectivity index is 1.77. The Morgan fingerprint density at radius 2 is 1.52 bits per heavy atom. The SMILES string of the molecule is CC[Si](CC)(CC)O[C@H]1C[C@H](CC(=O)c2ccccc2)O[C@H](c2ccccc2)C1. The first kappa shape index (κ1) is 21.9. The van der Waals surface area contributed by atoms with Gasteiger partial charge in [0.1, 0.15) is 0 Å². The van der Waals surface area contributed by atoms with Crippen molar-refractivity contribution in [3.8, 4) is 0 Å². The van der Waals surface area contributed by atoms with Gasteiger partial charge >= 0.3 is 0 Å². The molecule has 0 aromatic heterocycles. The number of hydrogen-bond acceptors (Lipinski definition) is 3. The van der Waals surface area contributed by atoms with E-state index in [0.717, 1.165) is 36.5 Å². The number of Topliss-reactive ketones (excluding diaryl/α,β-unsaturated/α-hetero) is 1. The second-order valence-electron chi connectivity index (χ2n) is 8.11. The van der Waals surface area contributed by atoms with E-state index in [-0.39, 0.29) is 24.1 Å². The van der Waals surface area contributed by atoms with Crippen molar-refractivity contribution in [2.24, 2.45) is 0 Å². The van der Waals surface area contributed by atoms with Crippen molar-refractivity contribution in [1.82, 2.24) is 0 Å². The molecule has 2 aromatic rings. The predicted octanol–water partition coefficient (Wildman–Crippen LogP) is 6.57. The first-order valence-corrected chi connectivity index (χ1v) is 13.6. The molecule has 1 aliphatic heterocycles. The average Bonchev–Trinajstić information content (AvgIpc) is 2.78. The van der Waals surface area contributed by atoms with Gasteiger partial charge in [-0.3, -0.25) is 4.79 Å². The monoisotopic (exact) mass is 410 g/mol. The van der Waals surface area contributed by atoms with E-state index in [0.29, 0.717) is 6.42 Å². The van der Waals surface area contributed by atoms with Gasteiger partial charge < -0.3 is 9.16 Å². The van der Waals surface area contributed by atoms with Crippen molar-refractivity contribution in [3.63, 3.8) is 0 Å². The van der Waals surface area contributed by atoms with Crippen LogP contribution in [0.2, 0.25) is 18.1 Å². The minimum atomic E-state index is -1.71. The minimum absolute atomic E-state index is 0.0132. The number of ether oxygens (including phenoxy) is 1. The summed E-state index contributed by atoms with van der Waals surface area (Å²) in [7, 11) is -1.71. The highest BCUT2D eigenvalue weighted by atomic mass is 28.4. The molecule has 0 amide bonds. The molecule has 0 bridgehead atoms. The normalized spacial score (nSPS) is 22.4. The van der Waals surface area contributed by atoms with Gasteiger partial charge in [0.25, 0.3) is 0 Å². The molecule has 0 aliphatic carbocycles. The summed E-state index contributed by atoms with van der Waals surface area (Å²) < 4.78 is 13.3. The summed E-state index contributed by atoms with van der Waals surface area (Å²) >= 11 is 0.